The van der Waals surface area contributed by atoms with Gasteiger partial charge in [0.25, 0.3) is 0 Å². The quantitative estimate of drug-likeness (QED) is 0.612. The van der Waals surface area contributed by atoms with Gasteiger partial charge in [0, 0.05) is 12.4 Å². The van der Waals surface area contributed by atoms with Crippen LogP contribution in [0.2, 0.25) is 0 Å². The molecule has 1 rings (SSSR count). The third kappa shape index (κ3) is 4.59. The number of aryl methyl sites for hydroxylation is 1. The fourth-order valence-electron chi connectivity index (χ4n) is 1.72. The Balaban J connectivity index is 2.39. The van der Waals surface area contributed by atoms with E-state index < -0.39 is 0 Å². The van der Waals surface area contributed by atoms with Crippen LogP contribution >= 0.6 is 0 Å². The first kappa shape index (κ1) is 11.7. The average Bonchev–Trinajstić information content (AvgIpc) is 2.28. The highest BCUT2D eigenvalue weighted by atomic mass is 14.6. The van der Waals surface area contributed by atoms with Crippen LogP contribution in [0.15, 0.2) is 49.8 Å². The normalized spacial score (nSPS) is 10.2. The van der Waals surface area contributed by atoms with Gasteiger partial charge >= 0.3 is 0 Å². The maximum absolute atomic E-state index is 4.01. The average molecular weight is 201 g/mol. The number of aromatic nitrogens is 1. The molecule has 0 amide bonds. The van der Waals surface area contributed by atoms with Crippen molar-refractivity contribution >= 4 is 0 Å². The summed E-state index contributed by atoms with van der Waals surface area (Å²) < 4.78 is 0. The topological polar surface area (TPSA) is 12.9 Å². The lowest BCUT2D eigenvalue weighted by Crippen LogP contribution is -2.00. The summed E-state index contributed by atoms with van der Waals surface area (Å²) in [7, 11) is 0. The zero-order valence-corrected chi connectivity index (χ0v) is 9.23. The Kier molecular flexibility index (Phi) is 5.46. The second-order valence-corrected chi connectivity index (χ2v) is 3.81. The Morgan fingerprint density at radius 2 is 1.73 bits per heavy atom. The van der Waals surface area contributed by atoms with Gasteiger partial charge in [0.15, 0.2) is 0 Å². The monoisotopic (exact) mass is 201 g/mol. The van der Waals surface area contributed by atoms with E-state index in [9.17, 15) is 0 Å². The highest BCUT2D eigenvalue weighted by Gasteiger charge is 2.04. The van der Waals surface area contributed by atoms with E-state index in [0.717, 1.165) is 19.3 Å². The van der Waals surface area contributed by atoms with E-state index in [0.29, 0.717) is 5.92 Å². The molecule has 0 fully saturated rings. The molecule has 1 aromatic heterocycles. The maximum Gasteiger partial charge on any atom is 0.0270 e. The minimum Gasteiger partial charge on any atom is -0.265 e. The molecular formula is C14H19N. The van der Waals surface area contributed by atoms with E-state index in [1.165, 1.54) is 12.0 Å². The summed E-state index contributed by atoms with van der Waals surface area (Å²) in [5.74, 6) is 0.688. The van der Waals surface area contributed by atoms with E-state index in [1.54, 1.807) is 0 Å². The molecule has 0 saturated carbocycles. The summed E-state index contributed by atoms with van der Waals surface area (Å²) in [5, 5.41) is 0. The van der Waals surface area contributed by atoms with Gasteiger partial charge in [0.1, 0.15) is 0 Å². The van der Waals surface area contributed by atoms with Gasteiger partial charge in [0.2, 0.25) is 0 Å². The Labute approximate surface area is 92.6 Å². The Morgan fingerprint density at radius 1 is 1.13 bits per heavy atom. The molecule has 0 saturated heterocycles. The number of hydrogen-bond acceptors (Lipinski definition) is 1. The number of rotatable bonds is 7. The van der Waals surface area contributed by atoms with Crippen LogP contribution < -0.4 is 0 Å². The van der Waals surface area contributed by atoms with Crippen molar-refractivity contribution in [2.75, 3.05) is 0 Å². The molecule has 0 bridgehead atoms. The zero-order chi connectivity index (χ0) is 10.9. The van der Waals surface area contributed by atoms with E-state index in [1.807, 2.05) is 24.5 Å². The molecule has 0 aliphatic rings. The molecule has 0 N–H and O–H groups in total. The zero-order valence-electron chi connectivity index (χ0n) is 9.23. The van der Waals surface area contributed by atoms with Crippen molar-refractivity contribution in [3.63, 3.8) is 0 Å². The van der Waals surface area contributed by atoms with Crippen molar-refractivity contribution in [1.82, 2.24) is 4.98 Å². The molecular weight excluding hydrogens is 182 g/mol. The van der Waals surface area contributed by atoms with Crippen molar-refractivity contribution in [1.29, 1.82) is 0 Å². The van der Waals surface area contributed by atoms with Crippen molar-refractivity contribution in [3.8, 4) is 0 Å². The molecule has 0 aliphatic heterocycles. The Morgan fingerprint density at radius 3 is 2.27 bits per heavy atom. The van der Waals surface area contributed by atoms with E-state index >= 15 is 0 Å². The van der Waals surface area contributed by atoms with Crippen molar-refractivity contribution in [3.05, 3.63) is 55.4 Å². The number of pyridine rings is 1. The summed E-state index contributed by atoms with van der Waals surface area (Å²) in [6, 6.07) is 4.16. The highest BCUT2D eigenvalue weighted by molar-refractivity contribution is 5.09. The lowest BCUT2D eigenvalue weighted by molar-refractivity contribution is 0.499. The SMILES string of the molecule is C=CCC(CC=C)CCc1ccncc1. The first-order valence-corrected chi connectivity index (χ1v) is 5.47. The van der Waals surface area contributed by atoms with Gasteiger partial charge in [-0.05, 0) is 49.3 Å². The van der Waals surface area contributed by atoms with E-state index in [-0.39, 0.29) is 0 Å². The van der Waals surface area contributed by atoms with Crippen LogP contribution in [0.5, 0.6) is 0 Å². The van der Waals surface area contributed by atoms with Gasteiger partial charge < -0.3 is 0 Å². The minimum atomic E-state index is 0.688. The van der Waals surface area contributed by atoms with E-state index in [2.05, 4.69) is 30.3 Å². The molecule has 0 unspecified atom stereocenters. The largest absolute Gasteiger partial charge is 0.265 e. The molecule has 15 heavy (non-hydrogen) atoms. The van der Waals surface area contributed by atoms with Crippen LogP contribution in [0, 0.1) is 5.92 Å². The fourth-order valence-corrected chi connectivity index (χ4v) is 1.72. The fraction of sp³-hybridized carbons (Fsp3) is 0.357. The second kappa shape index (κ2) is 6.99. The highest BCUT2D eigenvalue weighted by Crippen LogP contribution is 2.17. The Bertz CT molecular complexity index is 279. The van der Waals surface area contributed by atoms with Crippen LogP contribution in [0.25, 0.3) is 0 Å². The molecule has 1 heteroatoms. The van der Waals surface area contributed by atoms with Gasteiger partial charge in [-0.1, -0.05) is 12.2 Å². The predicted molar refractivity (Wildman–Crippen MR) is 65.7 cm³/mol. The van der Waals surface area contributed by atoms with Crippen LogP contribution in [0.1, 0.15) is 24.8 Å². The van der Waals surface area contributed by atoms with Crippen LogP contribution in [-0.4, -0.2) is 4.98 Å². The lowest BCUT2D eigenvalue weighted by atomic mass is 9.94. The molecule has 0 atom stereocenters. The van der Waals surface area contributed by atoms with Gasteiger partial charge in [-0.25, -0.2) is 0 Å². The third-order valence-corrected chi connectivity index (χ3v) is 2.59. The van der Waals surface area contributed by atoms with Gasteiger partial charge in [-0.2, -0.15) is 0 Å². The molecule has 0 radical (unpaired) electrons. The summed E-state index contributed by atoms with van der Waals surface area (Å²) in [5.41, 5.74) is 1.36. The number of hydrogen-bond donors (Lipinski definition) is 0. The molecule has 80 valence electrons. The van der Waals surface area contributed by atoms with Crippen LogP contribution in [0.4, 0.5) is 0 Å². The maximum atomic E-state index is 4.01. The summed E-state index contributed by atoms with van der Waals surface area (Å²) in [6.07, 6.45) is 12.2. The first-order chi connectivity index (χ1) is 7.36. The summed E-state index contributed by atoms with van der Waals surface area (Å²) in [6.45, 7) is 7.59. The standard InChI is InChI=1S/C14H19N/c1-3-5-13(6-4-2)7-8-14-9-11-15-12-10-14/h3-4,9-13H,1-2,5-8H2. The second-order valence-electron chi connectivity index (χ2n) is 3.81. The van der Waals surface area contributed by atoms with E-state index in [4.69, 9.17) is 0 Å². The van der Waals surface area contributed by atoms with Crippen molar-refractivity contribution in [2.45, 2.75) is 25.7 Å². The molecule has 0 aliphatic carbocycles. The third-order valence-electron chi connectivity index (χ3n) is 2.59. The molecule has 1 heterocycles. The number of nitrogens with zero attached hydrogens (tertiary/aromatic N) is 1. The van der Waals surface area contributed by atoms with Gasteiger partial charge in [0.05, 0.1) is 0 Å². The lowest BCUT2D eigenvalue weighted by Gasteiger charge is -2.12. The number of allylic oxidation sites excluding steroid dienone is 2. The smallest absolute Gasteiger partial charge is 0.0270 e. The molecule has 0 aromatic carbocycles. The van der Waals surface area contributed by atoms with Gasteiger partial charge in [-0.3, -0.25) is 4.98 Å². The minimum absolute atomic E-state index is 0.688. The van der Waals surface area contributed by atoms with Crippen LogP contribution in [0.3, 0.4) is 0 Å². The Hall–Kier alpha value is -1.37. The molecule has 1 aromatic rings. The summed E-state index contributed by atoms with van der Waals surface area (Å²) in [4.78, 5) is 4.01. The molecule has 1 nitrogen and oxygen atoms in total. The predicted octanol–water partition coefficient (Wildman–Crippen LogP) is 3.78. The van der Waals surface area contributed by atoms with Crippen molar-refractivity contribution < 1.29 is 0 Å². The van der Waals surface area contributed by atoms with Crippen LogP contribution in [-0.2, 0) is 6.42 Å². The van der Waals surface area contributed by atoms with Gasteiger partial charge in [-0.15, -0.1) is 13.2 Å². The first-order valence-electron chi connectivity index (χ1n) is 5.47. The van der Waals surface area contributed by atoms with Crippen molar-refractivity contribution in [2.24, 2.45) is 5.92 Å². The molecule has 0 spiro atoms. The summed E-state index contributed by atoms with van der Waals surface area (Å²) >= 11 is 0.